The average molecular weight is 558 g/mol. The molecule has 0 radical (unpaired) electrons. The number of piperidine rings is 1. The van der Waals surface area contributed by atoms with Crippen molar-refractivity contribution in [2.75, 3.05) is 20.1 Å². The van der Waals surface area contributed by atoms with Crippen LogP contribution in [-0.4, -0.2) is 42.0 Å². The maximum absolute atomic E-state index is 4.53. The summed E-state index contributed by atoms with van der Waals surface area (Å²) in [4.78, 5) is 11.4. The van der Waals surface area contributed by atoms with Gasteiger partial charge < -0.3 is 10.6 Å². The predicted octanol–water partition coefficient (Wildman–Crippen LogP) is 4.10. The molecule has 0 atom stereocenters. The van der Waals surface area contributed by atoms with Crippen molar-refractivity contribution >= 4 is 45.9 Å². The molecule has 0 bridgehead atoms. The number of guanidine groups is 1. The van der Waals surface area contributed by atoms with Crippen molar-refractivity contribution in [3.05, 3.63) is 63.9 Å². The Morgan fingerprint density at radius 1 is 1.18 bits per heavy atom. The highest BCUT2D eigenvalue weighted by Gasteiger charge is 2.20. The molecule has 0 spiro atoms. The highest BCUT2D eigenvalue weighted by Crippen LogP contribution is 2.16. The zero-order valence-corrected chi connectivity index (χ0v) is 20.4. The summed E-state index contributed by atoms with van der Waals surface area (Å²) in [6.45, 7) is 5.92. The van der Waals surface area contributed by atoms with Crippen LogP contribution in [0.2, 0.25) is 0 Å². The van der Waals surface area contributed by atoms with Gasteiger partial charge in [0.1, 0.15) is 0 Å². The Morgan fingerprint density at radius 3 is 2.54 bits per heavy atom. The van der Waals surface area contributed by atoms with Crippen molar-refractivity contribution in [3.63, 3.8) is 0 Å². The first kappa shape index (κ1) is 23.1. The normalized spacial score (nSPS) is 15.8. The summed E-state index contributed by atoms with van der Waals surface area (Å²) in [6.07, 6.45) is 2.25. The first-order valence-electron chi connectivity index (χ1n) is 9.49. The van der Waals surface area contributed by atoms with Gasteiger partial charge in [-0.15, -0.1) is 24.0 Å². The molecule has 2 heterocycles. The molecule has 0 aliphatic carbocycles. The number of pyridine rings is 1. The van der Waals surface area contributed by atoms with E-state index in [1.165, 1.54) is 5.56 Å². The van der Waals surface area contributed by atoms with Gasteiger partial charge in [-0.3, -0.25) is 14.9 Å². The second kappa shape index (κ2) is 11.7. The van der Waals surface area contributed by atoms with E-state index in [4.69, 9.17) is 0 Å². The number of hydrogen-bond acceptors (Lipinski definition) is 3. The van der Waals surface area contributed by atoms with Gasteiger partial charge in [-0.2, -0.15) is 0 Å². The number of benzene rings is 1. The molecule has 7 heteroatoms. The molecule has 152 valence electrons. The van der Waals surface area contributed by atoms with Gasteiger partial charge in [-0.25, -0.2) is 0 Å². The number of aromatic nitrogens is 1. The Hall–Kier alpha value is -1.19. The SMILES string of the molecule is CN=C(NCc1cccc(C)n1)NC1CCN(Cc2ccc(Br)cc2)CC1.I. The number of aliphatic imine (C=N–C) groups is 1. The largest absolute Gasteiger partial charge is 0.354 e. The highest BCUT2D eigenvalue weighted by atomic mass is 127. The molecule has 1 aliphatic rings. The Balaban J connectivity index is 0.00000280. The quantitative estimate of drug-likeness (QED) is 0.330. The Bertz CT molecular complexity index is 758. The van der Waals surface area contributed by atoms with Crippen molar-refractivity contribution in [1.82, 2.24) is 20.5 Å². The minimum absolute atomic E-state index is 0. The van der Waals surface area contributed by atoms with Crippen molar-refractivity contribution in [1.29, 1.82) is 0 Å². The van der Waals surface area contributed by atoms with Crippen molar-refractivity contribution in [3.8, 4) is 0 Å². The molecular weight excluding hydrogens is 529 g/mol. The topological polar surface area (TPSA) is 52.6 Å². The van der Waals surface area contributed by atoms with E-state index in [-0.39, 0.29) is 24.0 Å². The first-order valence-corrected chi connectivity index (χ1v) is 10.3. The molecule has 5 nitrogen and oxygen atoms in total. The van der Waals surface area contributed by atoms with Gasteiger partial charge in [-0.05, 0) is 49.6 Å². The molecule has 2 N–H and O–H groups in total. The number of nitrogens with one attached hydrogen (secondary N) is 2. The Kier molecular flexibility index (Phi) is 9.67. The minimum atomic E-state index is 0. The van der Waals surface area contributed by atoms with E-state index in [1.807, 2.05) is 32.2 Å². The molecule has 1 saturated heterocycles. The second-order valence-electron chi connectivity index (χ2n) is 7.02. The third-order valence-electron chi connectivity index (χ3n) is 4.85. The lowest BCUT2D eigenvalue weighted by molar-refractivity contribution is 0.198. The third-order valence-corrected chi connectivity index (χ3v) is 5.38. The standard InChI is InChI=1S/C21H28BrN5.HI/c1-16-4-3-5-20(25-16)14-24-21(23-2)26-19-10-12-27(13-11-19)15-17-6-8-18(22)9-7-17;/h3-9,19H,10-15H2,1-2H3,(H2,23,24,26);1H. The maximum Gasteiger partial charge on any atom is 0.191 e. The molecule has 0 saturated carbocycles. The molecule has 1 fully saturated rings. The smallest absolute Gasteiger partial charge is 0.191 e. The minimum Gasteiger partial charge on any atom is -0.354 e. The number of halogens is 2. The lowest BCUT2D eigenvalue weighted by atomic mass is 10.0. The molecule has 3 rings (SSSR count). The van der Waals surface area contributed by atoms with Crippen LogP contribution >= 0.6 is 39.9 Å². The van der Waals surface area contributed by atoms with E-state index in [0.717, 1.165) is 54.3 Å². The summed E-state index contributed by atoms with van der Waals surface area (Å²) in [5.41, 5.74) is 3.44. The van der Waals surface area contributed by atoms with E-state index in [9.17, 15) is 0 Å². The van der Waals surface area contributed by atoms with Crippen LogP contribution in [-0.2, 0) is 13.1 Å². The van der Waals surface area contributed by atoms with Crippen LogP contribution < -0.4 is 10.6 Å². The molecule has 1 aromatic carbocycles. The Morgan fingerprint density at radius 2 is 1.89 bits per heavy atom. The van der Waals surface area contributed by atoms with Crippen molar-refractivity contribution in [2.24, 2.45) is 4.99 Å². The zero-order chi connectivity index (χ0) is 19.1. The highest BCUT2D eigenvalue weighted by molar-refractivity contribution is 14.0. The monoisotopic (exact) mass is 557 g/mol. The van der Waals surface area contributed by atoms with Gasteiger partial charge in [0.25, 0.3) is 0 Å². The molecule has 1 aliphatic heterocycles. The van der Waals surface area contributed by atoms with Gasteiger partial charge in [0, 0.05) is 42.9 Å². The molecule has 28 heavy (non-hydrogen) atoms. The van der Waals surface area contributed by atoms with Crippen molar-refractivity contribution in [2.45, 2.75) is 38.9 Å². The number of rotatable bonds is 5. The number of likely N-dealkylation sites (tertiary alicyclic amines) is 1. The van der Waals surface area contributed by atoms with E-state index >= 15 is 0 Å². The fraction of sp³-hybridized carbons (Fsp3) is 0.429. The van der Waals surface area contributed by atoms with Gasteiger partial charge in [0.2, 0.25) is 0 Å². The lowest BCUT2D eigenvalue weighted by Crippen LogP contribution is -2.48. The van der Waals surface area contributed by atoms with Crippen LogP contribution in [0.25, 0.3) is 0 Å². The van der Waals surface area contributed by atoms with Crippen LogP contribution in [0.1, 0.15) is 29.8 Å². The van der Waals surface area contributed by atoms with Gasteiger partial charge >= 0.3 is 0 Å². The van der Waals surface area contributed by atoms with Crippen LogP contribution in [0.15, 0.2) is 51.9 Å². The Labute approximate surface area is 193 Å². The molecule has 0 unspecified atom stereocenters. The fourth-order valence-electron chi connectivity index (χ4n) is 3.34. The summed E-state index contributed by atoms with van der Waals surface area (Å²) in [6, 6.07) is 15.2. The van der Waals surface area contributed by atoms with Crippen LogP contribution in [0.5, 0.6) is 0 Å². The average Bonchev–Trinajstić information content (AvgIpc) is 2.68. The predicted molar refractivity (Wildman–Crippen MR) is 130 cm³/mol. The zero-order valence-electron chi connectivity index (χ0n) is 16.5. The van der Waals surface area contributed by atoms with Gasteiger partial charge in [0.15, 0.2) is 5.96 Å². The number of nitrogens with zero attached hydrogens (tertiary/aromatic N) is 3. The van der Waals surface area contributed by atoms with Gasteiger partial charge in [0.05, 0.1) is 12.2 Å². The fourth-order valence-corrected chi connectivity index (χ4v) is 3.61. The number of aryl methyl sites for hydroxylation is 1. The van der Waals surface area contributed by atoms with E-state index in [1.54, 1.807) is 0 Å². The van der Waals surface area contributed by atoms with Crippen LogP contribution in [0, 0.1) is 6.92 Å². The molecule has 2 aromatic rings. The number of hydrogen-bond donors (Lipinski definition) is 2. The first-order chi connectivity index (χ1) is 13.1. The van der Waals surface area contributed by atoms with E-state index in [0.29, 0.717) is 12.6 Å². The lowest BCUT2D eigenvalue weighted by Gasteiger charge is -2.33. The summed E-state index contributed by atoms with van der Waals surface area (Å²) in [5.74, 6) is 0.852. The second-order valence-corrected chi connectivity index (χ2v) is 7.93. The van der Waals surface area contributed by atoms with Crippen LogP contribution in [0.3, 0.4) is 0 Å². The van der Waals surface area contributed by atoms with E-state index in [2.05, 4.69) is 65.7 Å². The molecule has 1 aromatic heterocycles. The summed E-state index contributed by atoms with van der Waals surface area (Å²) in [5, 5.41) is 6.94. The van der Waals surface area contributed by atoms with Gasteiger partial charge in [-0.1, -0.05) is 34.1 Å². The van der Waals surface area contributed by atoms with Crippen LogP contribution in [0.4, 0.5) is 0 Å². The third kappa shape index (κ3) is 7.33. The summed E-state index contributed by atoms with van der Waals surface area (Å²) >= 11 is 3.50. The van der Waals surface area contributed by atoms with E-state index < -0.39 is 0 Å². The maximum atomic E-state index is 4.53. The summed E-state index contributed by atoms with van der Waals surface area (Å²) < 4.78 is 1.13. The summed E-state index contributed by atoms with van der Waals surface area (Å²) in [7, 11) is 1.82. The molecule has 0 amide bonds. The molecular formula is C21H29BrIN5. The van der Waals surface area contributed by atoms with Crippen molar-refractivity contribution < 1.29 is 0 Å².